The first-order valence-electron chi connectivity index (χ1n) is 9.27. The Morgan fingerprint density at radius 3 is 2.19 bits per heavy atom. The van der Waals surface area contributed by atoms with Crippen molar-refractivity contribution in [2.75, 3.05) is 0 Å². The minimum absolute atomic E-state index is 0.0517. The molecule has 1 atom stereocenters. The Labute approximate surface area is 182 Å². The van der Waals surface area contributed by atoms with Crippen LogP contribution in [-0.4, -0.2) is 20.1 Å². The van der Waals surface area contributed by atoms with Crippen LogP contribution in [0.5, 0.6) is 0 Å². The molecule has 0 fully saturated rings. The van der Waals surface area contributed by atoms with Crippen molar-refractivity contribution in [3.05, 3.63) is 105 Å². The molecule has 0 saturated carbocycles. The highest BCUT2D eigenvalue weighted by molar-refractivity contribution is 6.30. The van der Waals surface area contributed by atoms with E-state index >= 15 is 0 Å². The highest BCUT2D eigenvalue weighted by atomic mass is 35.5. The summed E-state index contributed by atoms with van der Waals surface area (Å²) in [5.74, 6) is -0.417. The molecule has 3 aromatic carbocycles. The average Bonchev–Trinajstić information content (AvgIpc) is 2.81. The molecule has 0 saturated heterocycles. The van der Waals surface area contributed by atoms with E-state index in [1.165, 1.54) is 12.1 Å². The molecule has 7 nitrogen and oxygen atoms in total. The number of nitriles is 1. The summed E-state index contributed by atoms with van der Waals surface area (Å²) in [6.45, 7) is 0. The lowest BCUT2D eigenvalue weighted by Gasteiger charge is -2.14. The van der Waals surface area contributed by atoms with E-state index in [4.69, 9.17) is 11.6 Å². The number of nitro benzene ring substituents is 1. The molecule has 1 heterocycles. The number of nitro groups is 1. The van der Waals surface area contributed by atoms with Crippen LogP contribution in [0.3, 0.4) is 0 Å². The van der Waals surface area contributed by atoms with Gasteiger partial charge in [0.1, 0.15) is 11.6 Å². The highest BCUT2D eigenvalue weighted by Crippen LogP contribution is 2.32. The summed E-state index contributed by atoms with van der Waals surface area (Å²) in [6.07, 6.45) is 0. The first-order chi connectivity index (χ1) is 15.1. The van der Waals surface area contributed by atoms with Gasteiger partial charge in [0, 0.05) is 28.3 Å². The van der Waals surface area contributed by atoms with Gasteiger partial charge in [0.05, 0.1) is 16.7 Å². The summed E-state index contributed by atoms with van der Waals surface area (Å²) in [5, 5.41) is 30.2. The number of non-ortho nitro benzene ring substituents is 1. The Balaban J connectivity index is 1.88. The summed E-state index contributed by atoms with van der Waals surface area (Å²) in [4.78, 5) is 15.2. The number of halogens is 1. The molecule has 150 valence electrons. The van der Waals surface area contributed by atoms with Crippen LogP contribution < -0.4 is 0 Å². The number of benzene rings is 3. The smallest absolute Gasteiger partial charge is 0.258 e. The predicted octanol–water partition coefficient (Wildman–Crippen LogP) is 5.42. The molecule has 0 aliphatic heterocycles. The second-order valence-electron chi connectivity index (χ2n) is 6.65. The van der Waals surface area contributed by atoms with Crippen LogP contribution in [0.15, 0.2) is 78.9 Å². The topological polar surface area (TPSA) is 106 Å². The van der Waals surface area contributed by atoms with E-state index in [0.29, 0.717) is 33.4 Å². The molecule has 4 rings (SSSR count). The van der Waals surface area contributed by atoms with E-state index in [1.807, 2.05) is 30.3 Å². The summed E-state index contributed by atoms with van der Waals surface area (Å²) >= 11 is 6.01. The zero-order chi connectivity index (χ0) is 21.8. The van der Waals surface area contributed by atoms with Crippen molar-refractivity contribution in [2.45, 2.75) is 5.92 Å². The lowest BCUT2D eigenvalue weighted by atomic mass is 9.93. The molecule has 0 radical (unpaired) electrons. The fourth-order valence-corrected chi connectivity index (χ4v) is 3.27. The summed E-state index contributed by atoms with van der Waals surface area (Å²) < 4.78 is 0. The van der Waals surface area contributed by atoms with E-state index in [1.54, 1.807) is 36.4 Å². The van der Waals surface area contributed by atoms with Crippen molar-refractivity contribution >= 4 is 17.3 Å². The first-order valence-corrected chi connectivity index (χ1v) is 9.64. The molecule has 1 aromatic heterocycles. The molecular formula is C23H14ClN5O2. The number of hydrogen-bond acceptors (Lipinski definition) is 6. The van der Waals surface area contributed by atoms with Gasteiger partial charge in [0.25, 0.3) is 5.69 Å². The van der Waals surface area contributed by atoms with E-state index in [2.05, 4.69) is 21.3 Å². The van der Waals surface area contributed by atoms with Gasteiger partial charge in [-0.2, -0.15) is 5.26 Å². The second kappa shape index (κ2) is 8.69. The Morgan fingerprint density at radius 2 is 1.58 bits per heavy atom. The van der Waals surface area contributed by atoms with Gasteiger partial charge >= 0.3 is 0 Å². The van der Waals surface area contributed by atoms with Crippen LogP contribution in [0, 0.1) is 21.4 Å². The Kier molecular flexibility index (Phi) is 5.65. The van der Waals surface area contributed by atoms with Gasteiger partial charge in [-0.1, -0.05) is 66.2 Å². The molecule has 0 N–H and O–H groups in total. The fraction of sp³-hybridized carbons (Fsp3) is 0.0435. The van der Waals surface area contributed by atoms with Crippen LogP contribution >= 0.6 is 11.6 Å². The van der Waals surface area contributed by atoms with Crippen LogP contribution in [0.1, 0.15) is 17.2 Å². The number of rotatable bonds is 5. The standard InChI is InChI=1S/C23H14ClN5O2/c24-18-10-6-16(7-11-18)21-22(26-23(28-27-21)17-4-2-1-3-5-17)20(14-25)15-8-12-19(13-9-15)29(30)31/h1-13,20H. The van der Waals surface area contributed by atoms with E-state index in [0.717, 1.165) is 5.56 Å². The Hall–Kier alpha value is -4.15. The van der Waals surface area contributed by atoms with Crippen LogP contribution in [0.2, 0.25) is 5.02 Å². The molecule has 0 aliphatic carbocycles. The van der Waals surface area contributed by atoms with E-state index < -0.39 is 10.8 Å². The lowest BCUT2D eigenvalue weighted by Crippen LogP contribution is -2.09. The summed E-state index contributed by atoms with van der Waals surface area (Å²) in [5.41, 5.74) is 2.85. The van der Waals surface area contributed by atoms with Gasteiger partial charge in [-0.05, 0) is 17.7 Å². The van der Waals surface area contributed by atoms with Crippen molar-refractivity contribution in [3.8, 4) is 28.7 Å². The van der Waals surface area contributed by atoms with Gasteiger partial charge in [-0.25, -0.2) is 4.98 Å². The maximum atomic E-state index is 11.0. The van der Waals surface area contributed by atoms with Gasteiger partial charge in [0.15, 0.2) is 5.82 Å². The molecule has 31 heavy (non-hydrogen) atoms. The minimum Gasteiger partial charge on any atom is -0.258 e. The Bertz CT molecular complexity index is 1270. The maximum absolute atomic E-state index is 11.0. The number of nitrogens with zero attached hydrogens (tertiary/aromatic N) is 5. The van der Waals surface area contributed by atoms with Crippen molar-refractivity contribution in [2.24, 2.45) is 0 Å². The predicted molar refractivity (Wildman–Crippen MR) is 116 cm³/mol. The van der Waals surface area contributed by atoms with Gasteiger partial charge < -0.3 is 0 Å². The summed E-state index contributed by atoms with van der Waals surface area (Å²) in [6, 6.07) is 24.4. The molecule has 0 aliphatic rings. The normalized spacial score (nSPS) is 11.5. The molecular weight excluding hydrogens is 414 g/mol. The average molecular weight is 428 g/mol. The highest BCUT2D eigenvalue weighted by Gasteiger charge is 2.23. The third-order valence-corrected chi connectivity index (χ3v) is 4.96. The van der Waals surface area contributed by atoms with Gasteiger partial charge in [-0.3, -0.25) is 10.1 Å². The zero-order valence-corrected chi connectivity index (χ0v) is 16.8. The molecule has 8 heteroatoms. The lowest BCUT2D eigenvalue weighted by molar-refractivity contribution is -0.384. The van der Waals surface area contributed by atoms with Crippen molar-refractivity contribution in [1.29, 1.82) is 5.26 Å². The third-order valence-electron chi connectivity index (χ3n) is 4.70. The quantitative estimate of drug-likeness (QED) is 0.311. The SMILES string of the molecule is N#CC(c1ccc([N+](=O)[O-])cc1)c1nc(-c2ccccc2)nnc1-c1ccc(Cl)cc1. The number of hydrogen-bond donors (Lipinski definition) is 0. The van der Waals surface area contributed by atoms with E-state index in [-0.39, 0.29) is 5.69 Å². The largest absolute Gasteiger partial charge is 0.269 e. The molecule has 0 amide bonds. The second-order valence-corrected chi connectivity index (χ2v) is 7.09. The number of aromatic nitrogens is 3. The minimum atomic E-state index is -0.801. The van der Waals surface area contributed by atoms with E-state index in [9.17, 15) is 15.4 Å². The van der Waals surface area contributed by atoms with Crippen molar-refractivity contribution < 1.29 is 4.92 Å². The third kappa shape index (κ3) is 4.25. The first kappa shape index (κ1) is 20.1. The Morgan fingerprint density at radius 1 is 0.903 bits per heavy atom. The monoisotopic (exact) mass is 427 g/mol. The fourth-order valence-electron chi connectivity index (χ4n) is 3.14. The van der Waals surface area contributed by atoms with Gasteiger partial charge in [0.2, 0.25) is 0 Å². The summed E-state index contributed by atoms with van der Waals surface area (Å²) in [7, 11) is 0. The van der Waals surface area contributed by atoms with Crippen LogP contribution in [0.4, 0.5) is 5.69 Å². The zero-order valence-electron chi connectivity index (χ0n) is 16.0. The van der Waals surface area contributed by atoms with Crippen LogP contribution in [-0.2, 0) is 0 Å². The van der Waals surface area contributed by atoms with Crippen molar-refractivity contribution in [1.82, 2.24) is 15.2 Å². The maximum Gasteiger partial charge on any atom is 0.269 e. The molecule has 1 unspecified atom stereocenters. The molecule has 0 spiro atoms. The van der Waals surface area contributed by atoms with Crippen LogP contribution in [0.25, 0.3) is 22.6 Å². The van der Waals surface area contributed by atoms with Crippen molar-refractivity contribution in [3.63, 3.8) is 0 Å². The molecule has 4 aromatic rings. The molecule has 0 bridgehead atoms. The van der Waals surface area contributed by atoms with Gasteiger partial charge in [-0.15, -0.1) is 10.2 Å².